The summed E-state index contributed by atoms with van der Waals surface area (Å²) in [6.45, 7) is 0.762. The molecule has 16 heavy (non-hydrogen) atoms. The average Bonchev–Trinajstić information content (AvgIpc) is 2.65. The Morgan fingerprint density at radius 1 is 1.38 bits per heavy atom. The number of anilines is 1. The van der Waals surface area contributed by atoms with Gasteiger partial charge in [-0.3, -0.25) is 0 Å². The van der Waals surface area contributed by atoms with Gasteiger partial charge in [-0.1, -0.05) is 0 Å². The number of aryl methyl sites for hydroxylation is 1. The molecule has 0 atom stereocenters. The van der Waals surface area contributed by atoms with Crippen LogP contribution in [0.2, 0.25) is 5.28 Å². The summed E-state index contributed by atoms with van der Waals surface area (Å²) in [6, 6.07) is 1.78. The first-order chi connectivity index (χ1) is 7.75. The van der Waals surface area contributed by atoms with Gasteiger partial charge in [0, 0.05) is 38.6 Å². The third-order valence-electron chi connectivity index (χ3n) is 2.20. The molecule has 0 fully saturated rings. The summed E-state index contributed by atoms with van der Waals surface area (Å²) in [5, 5.41) is 3.41. The van der Waals surface area contributed by atoms with E-state index in [4.69, 9.17) is 11.6 Å². The van der Waals surface area contributed by atoms with Gasteiger partial charge in [0.15, 0.2) is 0 Å². The van der Waals surface area contributed by atoms with Crippen LogP contribution < -0.4 is 5.32 Å². The highest BCUT2D eigenvalue weighted by molar-refractivity contribution is 6.28. The second kappa shape index (κ2) is 4.94. The second-order valence-electron chi connectivity index (χ2n) is 3.34. The lowest BCUT2D eigenvalue weighted by Crippen LogP contribution is -2.09. The van der Waals surface area contributed by atoms with Crippen LogP contribution in [0.4, 0.5) is 5.82 Å². The molecule has 84 valence electrons. The molecule has 0 amide bonds. The molecule has 6 heteroatoms. The number of rotatable bonds is 4. The lowest BCUT2D eigenvalue weighted by atomic mass is 10.4. The topological polar surface area (TPSA) is 55.6 Å². The standard InChI is InChI=1S/C10H12ClN5/c1-16-7-6-13-9(16)3-5-12-8-2-4-14-10(11)15-8/h2,4,6-7H,3,5H2,1H3,(H,12,14,15). The van der Waals surface area contributed by atoms with E-state index in [1.165, 1.54) is 0 Å². The van der Waals surface area contributed by atoms with Gasteiger partial charge in [0.05, 0.1) is 0 Å². The van der Waals surface area contributed by atoms with Crippen molar-refractivity contribution in [1.82, 2.24) is 19.5 Å². The zero-order chi connectivity index (χ0) is 11.4. The smallest absolute Gasteiger partial charge is 0.224 e. The van der Waals surface area contributed by atoms with Crippen LogP contribution >= 0.6 is 11.6 Å². The van der Waals surface area contributed by atoms with Crippen LogP contribution in [0.5, 0.6) is 0 Å². The summed E-state index contributed by atoms with van der Waals surface area (Å²) in [4.78, 5) is 12.1. The Morgan fingerprint density at radius 2 is 2.25 bits per heavy atom. The molecule has 0 spiro atoms. The largest absolute Gasteiger partial charge is 0.369 e. The molecule has 0 aromatic carbocycles. The third-order valence-corrected chi connectivity index (χ3v) is 2.38. The van der Waals surface area contributed by atoms with Gasteiger partial charge in [0.2, 0.25) is 5.28 Å². The molecule has 1 N–H and O–H groups in total. The number of hydrogen-bond acceptors (Lipinski definition) is 4. The number of aromatic nitrogens is 4. The molecule has 0 radical (unpaired) electrons. The van der Waals surface area contributed by atoms with Crippen molar-refractivity contribution in [2.75, 3.05) is 11.9 Å². The number of hydrogen-bond donors (Lipinski definition) is 1. The molecule has 2 aromatic rings. The second-order valence-corrected chi connectivity index (χ2v) is 3.68. The molecule has 0 aliphatic rings. The summed E-state index contributed by atoms with van der Waals surface area (Å²) in [7, 11) is 1.98. The molecule has 0 aliphatic carbocycles. The maximum Gasteiger partial charge on any atom is 0.224 e. The van der Waals surface area contributed by atoms with Gasteiger partial charge in [-0.05, 0) is 17.7 Å². The van der Waals surface area contributed by atoms with Crippen LogP contribution in [-0.2, 0) is 13.5 Å². The van der Waals surface area contributed by atoms with E-state index in [1.807, 2.05) is 17.8 Å². The first-order valence-corrected chi connectivity index (χ1v) is 5.32. The third kappa shape index (κ3) is 2.70. The van der Waals surface area contributed by atoms with E-state index in [-0.39, 0.29) is 5.28 Å². The number of halogens is 1. The van der Waals surface area contributed by atoms with Crippen molar-refractivity contribution >= 4 is 17.4 Å². The van der Waals surface area contributed by atoms with Crippen LogP contribution in [-0.4, -0.2) is 26.1 Å². The molecule has 0 saturated carbocycles. The van der Waals surface area contributed by atoms with Gasteiger partial charge in [0.25, 0.3) is 0 Å². The highest BCUT2D eigenvalue weighted by Crippen LogP contribution is 2.05. The highest BCUT2D eigenvalue weighted by Gasteiger charge is 1.99. The number of nitrogens with zero attached hydrogens (tertiary/aromatic N) is 4. The lowest BCUT2D eigenvalue weighted by Gasteiger charge is -2.05. The van der Waals surface area contributed by atoms with E-state index < -0.39 is 0 Å². The first-order valence-electron chi connectivity index (χ1n) is 4.94. The van der Waals surface area contributed by atoms with Gasteiger partial charge in [-0.25, -0.2) is 15.0 Å². The highest BCUT2D eigenvalue weighted by atomic mass is 35.5. The van der Waals surface area contributed by atoms with Crippen LogP contribution in [0.15, 0.2) is 24.7 Å². The SMILES string of the molecule is Cn1ccnc1CCNc1ccnc(Cl)n1. The van der Waals surface area contributed by atoms with Crippen molar-refractivity contribution < 1.29 is 0 Å². The summed E-state index contributed by atoms with van der Waals surface area (Å²) in [6.07, 6.45) is 6.18. The number of nitrogens with one attached hydrogen (secondary N) is 1. The molecule has 2 heterocycles. The summed E-state index contributed by atoms with van der Waals surface area (Å²) in [5.41, 5.74) is 0. The first kappa shape index (κ1) is 10.9. The predicted octanol–water partition coefficient (Wildman–Crippen LogP) is 1.52. The Morgan fingerprint density at radius 3 is 2.94 bits per heavy atom. The normalized spacial score (nSPS) is 10.4. The minimum atomic E-state index is 0.252. The van der Waals surface area contributed by atoms with E-state index in [1.54, 1.807) is 18.5 Å². The molecule has 2 rings (SSSR count). The van der Waals surface area contributed by atoms with Crippen molar-refractivity contribution in [3.8, 4) is 0 Å². The fourth-order valence-corrected chi connectivity index (χ4v) is 1.52. The predicted molar refractivity (Wildman–Crippen MR) is 62.4 cm³/mol. The molecular formula is C10H12ClN5. The zero-order valence-corrected chi connectivity index (χ0v) is 9.65. The van der Waals surface area contributed by atoms with Gasteiger partial charge < -0.3 is 9.88 Å². The number of imidazole rings is 1. The zero-order valence-electron chi connectivity index (χ0n) is 8.89. The quantitative estimate of drug-likeness (QED) is 0.820. The Bertz CT molecular complexity index is 468. The minimum Gasteiger partial charge on any atom is -0.369 e. The van der Waals surface area contributed by atoms with Crippen molar-refractivity contribution in [2.24, 2.45) is 7.05 Å². The minimum absolute atomic E-state index is 0.252. The van der Waals surface area contributed by atoms with Crippen LogP contribution in [0, 0.1) is 0 Å². The Labute approximate surface area is 98.5 Å². The van der Waals surface area contributed by atoms with E-state index in [2.05, 4.69) is 20.3 Å². The Kier molecular flexibility index (Phi) is 3.36. The molecular weight excluding hydrogens is 226 g/mol. The molecule has 0 bridgehead atoms. The maximum atomic E-state index is 5.67. The monoisotopic (exact) mass is 237 g/mol. The van der Waals surface area contributed by atoms with E-state index in [0.29, 0.717) is 0 Å². The Hall–Kier alpha value is -1.62. The van der Waals surface area contributed by atoms with Gasteiger partial charge in [-0.15, -0.1) is 0 Å². The van der Waals surface area contributed by atoms with Crippen LogP contribution in [0.3, 0.4) is 0 Å². The van der Waals surface area contributed by atoms with Crippen molar-refractivity contribution in [1.29, 1.82) is 0 Å². The maximum absolute atomic E-state index is 5.67. The summed E-state index contributed by atoms with van der Waals surface area (Å²) in [5.74, 6) is 1.77. The molecule has 0 saturated heterocycles. The fourth-order valence-electron chi connectivity index (χ4n) is 1.37. The lowest BCUT2D eigenvalue weighted by molar-refractivity contribution is 0.788. The summed E-state index contributed by atoms with van der Waals surface area (Å²) >= 11 is 5.67. The van der Waals surface area contributed by atoms with Gasteiger partial charge in [0.1, 0.15) is 11.6 Å². The van der Waals surface area contributed by atoms with Crippen molar-refractivity contribution in [3.05, 3.63) is 35.8 Å². The van der Waals surface area contributed by atoms with E-state index >= 15 is 0 Å². The van der Waals surface area contributed by atoms with Gasteiger partial charge in [-0.2, -0.15) is 0 Å². The van der Waals surface area contributed by atoms with Gasteiger partial charge >= 0.3 is 0 Å². The Balaban J connectivity index is 1.87. The molecule has 0 unspecified atom stereocenters. The van der Waals surface area contributed by atoms with Crippen LogP contribution in [0.25, 0.3) is 0 Å². The molecule has 2 aromatic heterocycles. The fraction of sp³-hybridized carbons (Fsp3) is 0.300. The molecule has 0 aliphatic heterocycles. The van der Waals surface area contributed by atoms with Crippen molar-refractivity contribution in [3.63, 3.8) is 0 Å². The summed E-state index contributed by atoms with van der Waals surface area (Å²) < 4.78 is 1.99. The van der Waals surface area contributed by atoms with E-state index in [0.717, 1.165) is 24.6 Å². The average molecular weight is 238 g/mol. The van der Waals surface area contributed by atoms with E-state index in [9.17, 15) is 0 Å². The van der Waals surface area contributed by atoms with Crippen LogP contribution in [0.1, 0.15) is 5.82 Å². The molecule has 5 nitrogen and oxygen atoms in total. The van der Waals surface area contributed by atoms with Crippen molar-refractivity contribution in [2.45, 2.75) is 6.42 Å².